The molecule has 9 nitrogen and oxygen atoms in total. The van der Waals surface area contributed by atoms with E-state index in [2.05, 4.69) is 5.43 Å². The van der Waals surface area contributed by atoms with Gasteiger partial charge in [0.2, 0.25) is 5.75 Å². The Kier molecular flexibility index (Phi) is 8.56. The minimum Gasteiger partial charge on any atom is -0.493 e. The number of nitrogens with zero attached hydrogens (tertiary/aromatic N) is 2. The summed E-state index contributed by atoms with van der Waals surface area (Å²) in [4.78, 5) is 36.2. The fraction of sp³-hybridized carbons (Fsp3) is 0.115. The van der Waals surface area contributed by atoms with Gasteiger partial charge in [-0.25, -0.2) is 0 Å². The Morgan fingerprint density at radius 3 is 2.46 bits per heavy atom. The molecule has 0 radical (unpaired) electrons. The third kappa shape index (κ3) is 6.61. The number of methoxy groups -OCH3 is 1. The molecule has 1 fully saturated rings. The highest BCUT2D eigenvalue weighted by atomic mass is 35.5. The predicted molar refractivity (Wildman–Crippen MR) is 150 cm³/mol. The molecule has 41 heavy (non-hydrogen) atoms. The Morgan fingerprint density at radius 1 is 1.12 bits per heavy atom. The van der Waals surface area contributed by atoms with Crippen molar-refractivity contribution in [2.45, 2.75) is 13.1 Å². The number of nitro groups is 1. The van der Waals surface area contributed by atoms with E-state index in [1.807, 2.05) is 6.92 Å². The van der Waals surface area contributed by atoms with E-state index in [1.165, 1.54) is 37.5 Å². The normalized spacial score (nSPS) is 14.4. The lowest BCUT2D eigenvalue weighted by atomic mass is 10.1. The summed E-state index contributed by atoms with van der Waals surface area (Å²) in [5.41, 5.74) is 1.80. The van der Waals surface area contributed by atoms with Gasteiger partial charge in [0.25, 0.3) is 11.8 Å². The highest BCUT2D eigenvalue weighted by molar-refractivity contribution is 8.26. The second-order valence-corrected chi connectivity index (χ2v) is 10.5. The smallest absolute Gasteiger partial charge is 0.416 e. The Hall–Kier alpha value is -4.14. The molecule has 15 heteroatoms. The van der Waals surface area contributed by atoms with Crippen LogP contribution in [0.5, 0.6) is 17.2 Å². The number of amides is 2. The first-order valence-corrected chi connectivity index (χ1v) is 13.0. The first-order valence-electron chi connectivity index (χ1n) is 11.3. The standard InChI is InChI=1S/C26H17ClF3N3O6S2/c1-13-3-6-16(17(27)9-13)23(34)31-32-24(35)22(41-25(32)40)11-14-4-7-20(21(10-14)38-2)39-19-8-5-15(26(28,29)30)12-18(19)33(36)37/h3-12H,1-2H3,(H,31,34)/b22-11+. The molecule has 1 heterocycles. The minimum absolute atomic E-state index is 0.0257. The number of ether oxygens (including phenoxy) is 2. The number of nitrogens with one attached hydrogen (secondary N) is 1. The molecule has 0 saturated carbocycles. The zero-order valence-electron chi connectivity index (χ0n) is 20.9. The summed E-state index contributed by atoms with van der Waals surface area (Å²) >= 11 is 12.3. The number of thiocarbonyl (C=S) groups is 1. The molecule has 0 aromatic heterocycles. The molecule has 0 atom stereocenters. The van der Waals surface area contributed by atoms with Crippen LogP contribution in [0.1, 0.15) is 27.0 Å². The summed E-state index contributed by atoms with van der Waals surface area (Å²) in [5.74, 6) is -1.61. The molecule has 4 rings (SSSR count). The topological polar surface area (TPSA) is 111 Å². The highest BCUT2D eigenvalue weighted by Crippen LogP contribution is 2.41. The zero-order valence-corrected chi connectivity index (χ0v) is 23.3. The number of alkyl halides is 3. The van der Waals surface area contributed by atoms with Crippen molar-refractivity contribution >= 4 is 63.5 Å². The van der Waals surface area contributed by atoms with E-state index in [9.17, 15) is 32.9 Å². The number of carbonyl (C=O) groups is 2. The summed E-state index contributed by atoms with van der Waals surface area (Å²) in [6, 6.07) is 11.0. The lowest BCUT2D eigenvalue weighted by Crippen LogP contribution is -2.44. The quantitative estimate of drug-likeness (QED) is 0.131. The molecule has 0 unspecified atom stereocenters. The Morgan fingerprint density at radius 2 is 1.83 bits per heavy atom. The Balaban J connectivity index is 1.55. The highest BCUT2D eigenvalue weighted by Gasteiger charge is 2.35. The molecule has 0 bridgehead atoms. The van der Waals surface area contributed by atoms with Crippen LogP contribution in [-0.2, 0) is 11.0 Å². The van der Waals surface area contributed by atoms with Crippen molar-refractivity contribution in [3.8, 4) is 17.2 Å². The van der Waals surface area contributed by atoms with E-state index < -0.39 is 39.9 Å². The van der Waals surface area contributed by atoms with Gasteiger partial charge in [-0.3, -0.25) is 25.1 Å². The molecule has 3 aromatic rings. The van der Waals surface area contributed by atoms with Gasteiger partial charge in [-0.2, -0.15) is 18.2 Å². The lowest BCUT2D eigenvalue weighted by molar-refractivity contribution is -0.385. The zero-order chi connectivity index (χ0) is 30.1. The average Bonchev–Trinajstić information content (AvgIpc) is 3.16. The molecule has 1 aliphatic rings. The van der Waals surface area contributed by atoms with Crippen molar-refractivity contribution in [2.75, 3.05) is 7.11 Å². The predicted octanol–water partition coefficient (Wildman–Crippen LogP) is 6.92. The van der Waals surface area contributed by atoms with Gasteiger partial charge in [-0.15, -0.1) is 0 Å². The van der Waals surface area contributed by atoms with Crippen LogP contribution in [0.2, 0.25) is 5.02 Å². The molecule has 1 aliphatic heterocycles. The molecule has 1 N–H and O–H groups in total. The number of hydrogen-bond donors (Lipinski definition) is 1. The number of halogens is 4. The molecular formula is C26H17ClF3N3O6S2. The van der Waals surface area contributed by atoms with Crippen LogP contribution >= 0.6 is 35.6 Å². The van der Waals surface area contributed by atoms with Crippen LogP contribution in [0.3, 0.4) is 0 Å². The van der Waals surface area contributed by atoms with Gasteiger partial charge in [0.1, 0.15) is 0 Å². The molecule has 0 spiro atoms. The van der Waals surface area contributed by atoms with E-state index >= 15 is 0 Å². The van der Waals surface area contributed by atoms with Crippen LogP contribution in [0, 0.1) is 17.0 Å². The third-order valence-corrected chi connectivity index (χ3v) is 7.18. The van der Waals surface area contributed by atoms with Gasteiger partial charge in [-0.1, -0.05) is 35.5 Å². The summed E-state index contributed by atoms with van der Waals surface area (Å²) in [6.07, 6.45) is -3.31. The summed E-state index contributed by atoms with van der Waals surface area (Å²) in [5, 5.41) is 12.5. The summed E-state index contributed by atoms with van der Waals surface area (Å²) in [6.45, 7) is 1.81. The molecule has 0 aliphatic carbocycles. The largest absolute Gasteiger partial charge is 0.493 e. The van der Waals surface area contributed by atoms with E-state index in [1.54, 1.807) is 12.1 Å². The van der Waals surface area contributed by atoms with Crippen LogP contribution in [0.4, 0.5) is 18.9 Å². The summed E-state index contributed by atoms with van der Waals surface area (Å²) < 4.78 is 49.9. The lowest BCUT2D eigenvalue weighted by Gasteiger charge is -2.16. The maximum atomic E-state index is 13.0. The maximum absolute atomic E-state index is 13.0. The van der Waals surface area contributed by atoms with Gasteiger partial charge in [-0.05, 0) is 72.7 Å². The van der Waals surface area contributed by atoms with Crippen LogP contribution in [-0.4, -0.2) is 33.2 Å². The van der Waals surface area contributed by atoms with Crippen LogP contribution in [0.25, 0.3) is 6.08 Å². The van der Waals surface area contributed by atoms with Crippen molar-refractivity contribution in [1.82, 2.24) is 10.4 Å². The first-order chi connectivity index (χ1) is 19.3. The van der Waals surface area contributed by atoms with E-state index in [-0.39, 0.29) is 31.3 Å². The molecular weight excluding hydrogens is 607 g/mol. The van der Waals surface area contributed by atoms with Crippen molar-refractivity contribution in [1.29, 1.82) is 0 Å². The number of hydrogen-bond acceptors (Lipinski definition) is 8. The number of hydrazine groups is 1. The van der Waals surface area contributed by atoms with E-state index in [4.69, 9.17) is 33.3 Å². The number of benzene rings is 3. The van der Waals surface area contributed by atoms with Gasteiger partial charge in [0.15, 0.2) is 15.8 Å². The fourth-order valence-corrected chi connectivity index (χ4v) is 5.08. The number of aryl methyl sites for hydroxylation is 1. The maximum Gasteiger partial charge on any atom is 0.416 e. The van der Waals surface area contributed by atoms with Gasteiger partial charge in [0.05, 0.1) is 33.1 Å². The minimum atomic E-state index is -4.78. The number of rotatable bonds is 7. The van der Waals surface area contributed by atoms with Crippen LogP contribution in [0.15, 0.2) is 59.5 Å². The number of thioether (sulfide) groups is 1. The second kappa shape index (κ2) is 11.8. The van der Waals surface area contributed by atoms with Gasteiger partial charge < -0.3 is 9.47 Å². The SMILES string of the molecule is COc1cc(/C=C2/SC(=S)N(NC(=O)c3ccc(C)cc3Cl)C2=O)ccc1Oc1ccc(C(F)(F)F)cc1[N+](=O)[O-]. The van der Waals surface area contributed by atoms with Gasteiger partial charge in [0, 0.05) is 6.07 Å². The van der Waals surface area contributed by atoms with Gasteiger partial charge >= 0.3 is 11.9 Å². The van der Waals surface area contributed by atoms with Crippen molar-refractivity contribution in [3.63, 3.8) is 0 Å². The van der Waals surface area contributed by atoms with Crippen molar-refractivity contribution in [2.24, 2.45) is 0 Å². The molecule has 212 valence electrons. The molecule has 3 aromatic carbocycles. The van der Waals surface area contributed by atoms with Crippen molar-refractivity contribution < 1.29 is 37.2 Å². The Labute approximate surface area is 245 Å². The summed E-state index contributed by atoms with van der Waals surface area (Å²) in [7, 11) is 1.29. The molecule has 2 amide bonds. The fourth-order valence-electron chi connectivity index (χ4n) is 3.58. The first kappa shape index (κ1) is 29.8. The monoisotopic (exact) mass is 623 g/mol. The van der Waals surface area contributed by atoms with Crippen molar-refractivity contribution in [3.05, 3.63) is 96.9 Å². The number of nitro benzene ring substituents is 1. The second-order valence-electron chi connectivity index (χ2n) is 8.39. The van der Waals surface area contributed by atoms with Crippen LogP contribution < -0.4 is 14.9 Å². The molecule has 1 saturated heterocycles. The van der Waals surface area contributed by atoms with E-state index in [0.29, 0.717) is 17.7 Å². The van der Waals surface area contributed by atoms with E-state index in [0.717, 1.165) is 28.4 Å². The number of carbonyl (C=O) groups excluding carboxylic acids is 2. The average molecular weight is 624 g/mol. The Bertz CT molecular complexity index is 1630. The third-order valence-electron chi connectivity index (χ3n) is 5.56.